The highest BCUT2D eigenvalue weighted by Gasteiger charge is 2.15. The quantitative estimate of drug-likeness (QED) is 0.638. The van der Waals surface area contributed by atoms with Crippen molar-refractivity contribution in [2.24, 2.45) is 0 Å². The molecule has 25 heavy (non-hydrogen) atoms. The number of esters is 1. The molecular formula is C19H17NO5. The van der Waals surface area contributed by atoms with Gasteiger partial charge in [0.1, 0.15) is 12.3 Å². The smallest absolute Gasteiger partial charge is 0.376 e. The van der Waals surface area contributed by atoms with Crippen LogP contribution in [0.1, 0.15) is 16.1 Å². The van der Waals surface area contributed by atoms with Gasteiger partial charge in [0.25, 0.3) is 0 Å². The van der Waals surface area contributed by atoms with Gasteiger partial charge in [0, 0.05) is 11.6 Å². The summed E-state index contributed by atoms with van der Waals surface area (Å²) >= 11 is 0. The van der Waals surface area contributed by atoms with Gasteiger partial charge in [0.2, 0.25) is 5.76 Å². The van der Waals surface area contributed by atoms with Gasteiger partial charge in [0.05, 0.1) is 14.2 Å². The highest BCUT2D eigenvalue weighted by atomic mass is 16.5. The van der Waals surface area contributed by atoms with Crippen molar-refractivity contribution in [3.63, 3.8) is 0 Å². The lowest BCUT2D eigenvalue weighted by atomic mass is 10.1. The van der Waals surface area contributed by atoms with Gasteiger partial charge >= 0.3 is 5.97 Å². The monoisotopic (exact) mass is 339 g/mol. The third kappa shape index (κ3) is 3.80. The number of methoxy groups -OCH3 is 2. The van der Waals surface area contributed by atoms with E-state index in [9.17, 15) is 4.79 Å². The molecule has 0 aliphatic heterocycles. The van der Waals surface area contributed by atoms with Crippen LogP contribution in [-0.4, -0.2) is 25.3 Å². The van der Waals surface area contributed by atoms with E-state index in [1.807, 2.05) is 36.4 Å². The standard InChI is InChI=1S/C19H17NO5/c1-22-17-10-14(15-11-18(25-20-15)19(21)23-2)8-9-16(17)24-12-13-6-4-3-5-7-13/h3-11H,12H2,1-2H3. The van der Waals surface area contributed by atoms with Crippen LogP contribution in [0.15, 0.2) is 59.1 Å². The lowest BCUT2D eigenvalue weighted by Gasteiger charge is -2.11. The number of aromatic nitrogens is 1. The summed E-state index contributed by atoms with van der Waals surface area (Å²) in [6.45, 7) is 0.437. The molecule has 0 radical (unpaired) electrons. The van der Waals surface area contributed by atoms with E-state index in [-0.39, 0.29) is 5.76 Å². The number of hydrogen-bond donors (Lipinski definition) is 0. The normalized spacial score (nSPS) is 10.3. The largest absolute Gasteiger partial charge is 0.493 e. The van der Waals surface area contributed by atoms with E-state index in [0.29, 0.717) is 23.8 Å². The Morgan fingerprint density at radius 3 is 2.56 bits per heavy atom. The van der Waals surface area contributed by atoms with Crippen molar-refractivity contribution in [2.75, 3.05) is 14.2 Å². The summed E-state index contributed by atoms with van der Waals surface area (Å²) in [6.07, 6.45) is 0. The minimum absolute atomic E-state index is 0.0425. The van der Waals surface area contributed by atoms with Crippen molar-refractivity contribution in [3.8, 4) is 22.8 Å². The molecule has 0 saturated heterocycles. The first-order chi connectivity index (χ1) is 12.2. The van der Waals surface area contributed by atoms with Crippen LogP contribution in [0.4, 0.5) is 0 Å². The molecule has 0 amide bonds. The van der Waals surface area contributed by atoms with Crippen LogP contribution >= 0.6 is 0 Å². The summed E-state index contributed by atoms with van der Waals surface area (Å²) < 4.78 is 20.8. The number of carbonyl (C=O) groups excluding carboxylic acids is 1. The number of ether oxygens (including phenoxy) is 3. The van der Waals surface area contributed by atoms with Gasteiger partial charge in [0.15, 0.2) is 11.5 Å². The zero-order valence-corrected chi connectivity index (χ0v) is 13.9. The zero-order valence-electron chi connectivity index (χ0n) is 13.9. The third-order valence-corrected chi connectivity index (χ3v) is 3.59. The molecule has 0 bridgehead atoms. The number of nitrogens with zero attached hydrogens (tertiary/aromatic N) is 1. The second-order valence-corrected chi connectivity index (χ2v) is 5.21. The van der Waals surface area contributed by atoms with E-state index in [2.05, 4.69) is 9.89 Å². The van der Waals surface area contributed by atoms with E-state index < -0.39 is 5.97 Å². The molecule has 0 atom stereocenters. The molecule has 3 aromatic rings. The number of benzene rings is 2. The van der Waals surface area contributed by atoms with E-state index in [0.717, 1.165) is 11.1 Å². The zero-order chi connectivity index (χ0) is 17.6. The fourth-order valence-corrected chi connectivity index (χ4v) is 2.29. The molecule has 3 rings (SSSR count). The average molecular weight is 339 g/mol. The summed E-state index contributed by atoms with van der Waals surface area (Å²) in [4.78, 5) is 11.5. The minimum Gasteiger partial charge on any atom is -0.493 e. The minimum atomic E-state index is -0.575. The Hall–Kier alpha value is -3.28. The Balaban J connectivity index is 1.79. The molecular weight excluding hydrogens is 322 g/mol. The lowest BCUT2D eigenvalue weighted by Crippen LogP contribution is -1.98. The summed E-state index contributed by atoms with van der Waals surface area (Å²) in [5.74, 6) is 0.650. The second kappa shape index (κ2) is 7.53. The van der Waals surface area contributed by atoms with Crippen molar-refractivity contribution in [1.82, 2.24) is 5.16 Å². The molecule has 0 spiro atoms. The molecule has 2 aromatic carbocycles. The van der Waals surface area contributed by atoms with Crippen molar-refractivity contribution in [3.05, 3.63) is 65.9 Å². The van der Waals surface area contributed by atoms with Gasteiger partial charge in [-0.1, -0.05) is 35.5 Å². The van der Waals surface area contributed by atoms with Gasteiger partial charge in [-0.15, -0.1) is 0 Å². The maximum absolute atomic E-state index is 11.5. The topological polar surface area (TPSA) is 70.8 Å². The lowest BCUT2D eigenvalue weighted by molar-refractivity contribution is 0.0554. The van der Waals surface area contributed by atoms with Crippen LogP contribution in [0.2, 0.25) is 0 Å². The van der Waals surface area contributed by atoms with Crippen LogP contribution in [0.5, 0.6) is 11.5 Å². The first-order valence-corrected chi connectivity index (χ1v) is 7.61. The highest BCUT2D eigenvalue weighted by Crippen LogP contribution is 2.33. The molecule has 0 aliphatic carbocycles. The van der Waals surface area contributed by atoms with Crippen LogP contribution in [-0.2, 0) is 11.3 Å². The van der Waals surface area contributed by atoms with Crippen LogP contribution in [0, 0.1) is 0 Å². The Morgan fingerprint density at radius 1 is 1.04 bits per heavy atom. The van der Waals surface area contributed by atoms with Crippen molar-refractivity contribution >= 4 is 5.97 Å². The highest BCUT2D eigenvalue weighted by molar-refractivity contribution is 5.87. The molecule has 1 heterocycles. The number of hydrogen-bond acceptors (Lipinski definition) is 6. The van der Waals surface area contributed by atoms with Crippen LogP contribution in [0.25, 0.3) is 11.3 Å². The van der Waals surface area contributed by atoms with Gasteiger partial charge in [-0.2, -0.15) is 0 Å². The maximum atomic E-state index is 11.5. The van der Waals surface area contributed by atoms with E-state index in [4.69, 9.17) is 14.0 Å². The van der Waals surface area contributed by atoms with Crippen molar-refractivity contribution in [1.29, 1.82) is 0 Å². The van der Waals surface area contributed by atoms with E-state index in [1.165, 1.54) is 13.2 Å². The van der Waals surface area contributed by atoms with Gasteiger partial charge in [-0.05, 0) is 23.8 Å². The Labute approximate surface area is 144 Å². The fraction of sp³-hybridized carbons (Fsp3) is 0.158. The van der Waals surface area contributed by atoms with Crippen molar-refractivity contribution in [2.45, 2.75) is 6.61 Å². The molecule has 6 heteroatoms. The summed E-state index contributed by atoms with van der Waals surface area (Å²) in [5.41, 5.74) is 2.31. The van der Waals surface area contributed by atoms with Crippen molar-refractivity contribution < 1.29 is 23.5 Å². The second-order valence-electron chi connectivity index (χ2n) is 5.21. The molecule has 1 aromatic heterocycles. The molecule has 0 fully saturated rings. The summed E-state index contributed by atoms with van der Waals surface area (Å²) in [5, 5.41) is 3.88. The Kier molecular flexibility index (Phi) is 4.99. The van der Waals surface area contributed by atoms with Crippen LogP contribution in [0.3, 0.4) is 0 Å². The number of rotatable bonds is 6. The predicted octanol–water partition coefficient (Wildman–Crippen LogP) is 3.72. The van der Waals surface area contributed by atoms with Gasteiger partial charge in [-0.25, -0.2) is 4.79 Å². The van der Waals surface area contributed by atoms with Crippen LogP contribution < -0.4 is 9.47 Å². The predicted molar refractivity (Wildman–Crippen MR) is 90.6 cm³/mol. The molecule has 128 valence electrons. The molecule has 0 unspecified atom stereocenters. The third-order valence-electron chi connectivity index (χ3n) is 3.59. The molecule has 6 nitrogen and oxygen atoms in total. The van der Waals surface area contributed by atoms with Gasteiger partial charge in [-0.3, -0.25) is 0 Å². The van der Waals surface area contributed by atoms with E-state index in [1.54, 1.807) is 19.2 Å². The molecule has 0 N–H and O–H groups in total. The first kappa shape index (κ1) is 16.6. The maximum Gasteiger partial charge on any atom is 0.376 e. The Morgan fingerprint density at radius 2 is 1.84 bits per heavy atom. The number of carbonyl (C=O) groups is 1. The first-order valence-electron chi connectivity index (χ1n) is 7.61. The average Bonchev–Trinajstić information content (AvgIpc) is 3.16. The fourth-order valence-electron chi connectivity index (χ4n) is 2.29. The SMILES string of the molecule is COC(=O)c1cc(-c2ccc(OCc3ccccc3)c(OC)c2)no1. The molecule has 0 saturated carbocycles. The summed E-state index contributed by atoms with van der Waals surface area (Å²) in [7, 11) is 2.85. The molecule has 0 aliphatic rings. The Bertz CT molecular complexity index is 857. The van der Waals surface area contributed by atoms with Gasteiger partial charge < -0.3 is 18.7 Å². The summed E-state index contributed by atoms with van der Waals surface area (Å²) in [6, 6.07) is 16.8. The van der Waals surface area contributed by atoms with E-state index >= 15 is 0 Å².